The fraction of sp³-hybridized carbons (Fsp3) is 0.417. The van der Waals surface area contributed by atoms with Crippen LogP contribution in [0, 0.1) is 20.8 Å². The summed E-state index contributed by atoms with van der Waals surface area (Å²) in [6.45, 7) is 6.11. The van der Waals surface area contributed by atoms with Crippen LogP contribution in [0.4, 0.5) is 0 Å². The van der Waals surface area contributed by atoms with Gasteiger partial charge in [-0.3, -0.25) is 9.80 Å². The lowest BCUT2D eigenvalue weighted by molar-refractivity contribution is -0.129. The molecule has 0 aliphatic carbocycles. The number of carbonyl (C=O) groups excluding carboxylic acids is 1. The number of nitrogens with two attached hydrogens (primary N) is 1. The molecule has 1 amide bonds. The van der Waals surface area contributed by atoms with E-state index >= 15 is 0 Å². The molecule has 0 aliphatic rings. The van der Waals surface area contributed by atoms with E-state index < -0.39 is 0 Å². The van der Waals surface area contributed by atoms with Gasteiger partial charge in [0.05, 0.1) is 6.42 Å². The lowest BCUT2D eigenvalue weighted by atomic mass is 9.97. The van der Waals surface area contributed by atoms with E-state index in [-0.39, 0.29) is 5.91 Å². The molecule has 0 spiro atoms. The van der Waals surface area contributed by atoms with Crippen molar-refractivity contribution in [3.8, 4) is 0 Å². The number of benzene rings is 1. The average Bonchev–Trinajstić information content (AvgIpc) is 2.10. The van der Waals surface area contributed by atoms with Crippen LogP contribution in [0.5, 0.6) is 0 Å². The van der Waals surface area contributed by atoms with Crippen LogP contribution in [0.15, 0.2) is 12.1 Å². The molecule has 1 aromatic rings. The van der Waals surface area contributed by atoms with Crippen molar-refractivity contribution in [2.75, 3.05) is 7.05 Å². The zero-order chi connectivity index (χ0) is 11.6. The number of carbonyl (C=O) groups is 1. The number of rotatable bonds is 2. The Balaban J connectivity index is 3.00. The zero-order valence-corrected chi connectivity index (χ0v) is 9.79. The molecule has 0 saturated carbocycles. The molecule has 1 rings (SSSR count). The molecule has 3 heteroatoms. The van der Waals surface area contributed by atoms with Gasteiger partial charge in [0.2, 0.25) is 5.91 Å². The first-order chi connectivity index (χ1) is 6.91. The number of amides is 1. The Morgan fingerprint density at radius 3 is 2.13 bits per heavy atom. The molecule has 2 N–H and O–H groups in total. The molecule has 0 saturated heterocycles. The van der Waals surface area contributed by atoms with Gasteiger partial charge < -0.3 is 0 Å². The first-order valence-electron chi connectivity index (χ1n) is 4.99. The fourth-order valence-electron chi connectivity index (χ4n) is 1.76. The summed E-state index contributed by atoms with van der Waals surface area (Å²) in [5.74, 6) is 5.33. The molecule has 0 bridgehead atoms. The van der Waals surface area contributed by atoms with Crippen molar-refractivity contribution in [1.29, 1.82) is 0 Å². The number of nitrogens with zero attached hydrogens (tertiary/aromatic N) is 1. The summed E-state index contributed by atoms with van der Waals surface area (Å²) in [7, 11) is 1.57. The summed E-state index contributed by atoms with van der Waals surface area (Å²) in [5.41, 5.74) is 4.62. The van der Waals surface area contributed by atoms with E-state index in [0.29, 0.717) is 6.42 Å². The third kappa shape index (κ3) is 2.80. The quantitative estimate of drug-likeness (QED) is 0.452. The predicted octanol–water partition coefficient (Wildman–Crippen LogP) is 1.49. The lowest BCUT2D eigenvalue weighted by Crippen LogP contribution is -2.34. The lowest BCUT2D eigenvalue weighted by Gasteiger charge is -2.14. The first-order valence-corrected chi connectivity index (χ1v) is 4.99. The highest BCUT2D eigenvalue weighted by Gasteiger charge is 2.10. The Kier molecular flexibility index (Phi) is 3.48. The van der Waals surface area contributed by atoms with Crippen molar-refractivity contribution in [1.82, 2.24) is 5.01 Å². The SMILES string of the molecule is Cc1cc(C)c(CC(=O)N(C)N)c(C)c1. The van der Waals surface area contributed by atoms with Crippen LogP contribution in [0.3, 0.4) is 0 Å². The van der Waals surface area contributed by atoms with E-state index in [4.69, 9.17) is 5.84 Å². The minimum atomic E-state index is -0.0648. The standard InChI is InChI=1S/C12H18N2O/c1-8-5-9(2)11(10(3)6-8)7-12(15)14(4)13/h5-6H,7,13H2,1-4H3. The number of hydrogen-bond donors (Lipinski definition) is 1. The molecule has 0 aliphatic heterocycles. The molecule has 0 aromatic heterocycles. The van der Waals surface area contributed by atoms with E-state index in [1.807, 2.05) is 13.8 Å². The van der Waals surface area contributed by atoms with E-state index in [0.717, 1.165) is 21.7 Å². The van der Waals surface area contributed by atoms with Gasteiger partial charge in [0.15, 0.2) is 0 Å². The Hall–Kier alpha value is -1.35. The van der Waals surface area contributed by atoms with Crippen molar-refractivity contribution < 1.29 is 4.79 Å². The molecule has 0 unspecified atom stereocenters. The van der Waals surface area contributed by atoms with Gasteiger partial charge in [-0.2, -0.15) is 0 Å². The number of hydrazine groups is 1. The van der Waals surface area contributed by atoms with Crippen molar-refractivity contribution in [3.05, 3.63) is 34.4 Å². The van der Waals surface area contributed by atoms with Crippen molar-refractivity contribution in [3.63, 3.8) is 0 Å². The van der Waals surface area contributed by atoms with Gasteiger partial charge in [-0.05, 0) is 37.5 Å². The smallest absolute Gasteiger partial charge is 0.240 e. The van der Waals surface area contributed by atoms with Gasteiger partial charge in [-0.15, -0.1) is 0 Å². The minimum Gasteiger partial charge on any atom is -0.284 e. The molecular weight excluding hydrogens is 188 g/mol. The van der Waals surface area contributed by atoms with E-state index in [1.54, 1.807) is 7.05 Å². The van der Waals surface area contributed by atoms with Crippen LogP contribution in [-0.2, 0) is 11.2 Å². The molecule has 1 aromatic carbocycles. The fourth-order valence-corrected chi connectivity index (χ4v) is 1.76. The van der Waals surface area contributed by atoms with Gasteiger partial charge in [-0.25, -0.2) is 5.84 Å². The monoisotopic (exact) mass is 206 g/mol. The summed E-state index contributed by atoms with van der Waals surface area (Å²) in [6.07, 6.45) is 0.380. The van der Waals surface area contributed by atoms with Crippen LogP contribution in [0.1, 0.15) is 22.3 Å². The molecular formula is C12H18N2O. The summed E-state index contributed by atoms with van der Waals surface area (Å²) < 4.78 is 0. The zero-order valence-electron chi connectivity index (χ0n) is 9.79. The highest BCUT2D eigenvalue weighted by Crippen LogP contribution is 2.17. The third-order valence-corrected chi connectivity index (χ3v) is 2.56. The van der Waals surface area contributed by atoms with Gasteiger partial charge in [0, 0.05) is 7.05 Å². The van der Waals surface area contributed by atoms with Crippen molar-refractivity contribution in [2.24, 2.45) is 5.84 Å². The van der Waals surface area contributed by atoms with Crippen LogP contribution in [-0.4, -0.2) is 18.0 Å². The Bertz CT molecular complexity index is 360. The number of aryl methyl sites for hydroxylation is 3. The number of likely N-dealkylation sites (N-methyl/N-ethyl adjacent to an activating group) is 1. The second kappa shape index (κ2) is 4.45. The van der Waals surface area contributed by atoms with E-state index in [9.17, 15) is 4.79 Å². The Morgan fingerprint density at radius 2 is 1.73 bits per heavy atom. The van der Waals surface area contributed by atoms with Gasteiger partial charge >= 0.3 is 0 Å². The molecule has 3 nitrogen and oxygen atoms in total. The summed E-state index contributed by atoms with van der Waals surface area (Å²) in [4.78, 5) is 11.5. The van der Waals surface area contributed by atoms with Crippen LogP contribution >= 0.6 is 0 Å². The Labute approximate surface area is 90.9 Å². The first kappa shape index (κ1) is 11.7. The minimum absolute atomic E-state index is 0.0648. The molecule has 15 heavy (non-hydrogen) atoms. The Morgan fingerprint density at radius 1 is 1.27 bits per heavy atom. The van der Waals surface area contributed by atoms with Crippen LogP contribution < -0.4 is 5.84 Å². The molecule has 0 radical (unpaired) electrons. The molecule has 82 valence electrons. The maximum Gasteiger partial charge on any atom is 0.240 e. The molecule has 0 heterocycles. The van der Waals surface area contributed by atoms with Crippen LogP contribution in [0.2, 0.25) is 0 Å². The van der Waals surface area contributed by atoms with Gasteiger partial charge in [-0.1, -0.05) is 17.7 Å². The third-order valence-electron chi connectivity index (χ3n) is 2.56. The second-order valence-corrected chi connectivity index (χ2v) is 4.06. The molecule has 0 fully saturated rings. The van der Waals surface area contributed by atoms with Gasteiger partial charge in [0.1, 0.15) is 0 Å². The highest BCUT2D eigenvalue weighted by atomic mass is 16.2. The topological polar surface area (TPSA) is 46.3 Å². The van der Waals surface area contributed by atoms with E-state index in [1.165, 1.54) is 5.56 Å². The van der Waals surface area contributed by atoms with Crippen LogP contribution in [0.25, 0.3) is 0 Å². The normalized spacial score (nSPS) is 10.2. The summed E-state index contributed by atoms with van der Waals surface area (Å²) in [6, 6.07) is 4.18. The van der Waals surface area contributed by atoms with E-state index in [2.05, 4.69) is 19.1 Å². The van der Waals surface area contributed by atoms with Crippen molar-refractivity contribution >= 4 is 5.91 Å². The maximum absolute atomic E-state index is 11.5. The summed E-state index contributed by atoms with van der Waals surface area (Å²) in [5, 5.41) is 1.14. The number of hydrogen-bond acceptors (Lipinski definition) is 2. The largest absolute Gasteiger partial charge is 0.284 e. The maximum atomic E-state index is 11.5. The van der Waals surface area contributed by atoms with Gasteiger partial charge in [0.25, 0.3) is 0 Å². The molecule has 0 atom stereocenters. The average molecular weight is 206 g/mol. The summed E-state index contributed by atoms with van der Waals surface area (Å²) >= 11 is 0. The highest BCUT2D eigenvalue weighted by molar-refractivity contribution is 5.78. The second-order valence-electron chi connectivity index (χ2n) is 4.06. The predicted molar refractivity (Wildman–Crippen MR) is 61.3 cm³/mol. The van der Waals surface area contributed by atoms with Crippen molar-refractivity contribution in [2.45, 2.75) is 27.2 Å².